The van der Waals surface area contributed by atoms with Crippen LogP contribution in [0.2, 0.25) is 0 Å². The molecule has 5 heteroatoms. The summed E-state index contributed by atoms with van der Waals surface area (Å²) < 4.78 is 2.04. The van der Waals surface area contributed by atoms with Gasteiger partial charge in [-0.1, -0.05) is 27.7 Å². The fraction of sp³-hybridized carbons (Fsp3) is 0.812. The molecule has 0 unspecified atom stereocenters. The van der Waals surface area contributed by atoms with Gasteiger partial charge in [0.25, 0.3) is 0 Å². The highest BCUT2D eigenvalue weighted by atomic mass is 16.3. The Morgan fingerprint density at radius 1 is 1.29 bits per heavy atom. The van der Waals surface area contributed by atoms with Crippen LogP contribution in [0, 0.1) is 5.41 Å². The van der Waals surface area contributed by atoms with Crippen molar-refractivity contribution in [1.82, 2.24) is 19.6 Å². The molecule has 2 heterocycles. The molecular weight excluding hydrogens is 264 g/mol. The largest absolute Gasteiger partial charge is 0.390 e. The molecule has 0 fully saturated rings. The second-order valence-electron chi connectivity index (χ2n) is 6.84. The molecular formula is C16H30N4O. The molecule has 0 aliphatic carbocycles. The lowest BCUT2D eigenvalue weighted by atomic mass is 9.91. The third-order valence-corrected chi connectivity index (χ3v) is 4.29. The maximum atomic E-state index is 9.20. The molecule has 21 heavy (non-hydrogen) atoms. The van der Waals surface area contributed by atoms with Crippen molar-refractivity contribution in [3.8, 4) is 0 Å². The first-order valence-corrected chi connectivity index (χ1v) is 8.08. The van der Waals surface area contributed by atoms with Crippen LogP contribution >= 0.6 is 0 Å². The Labute approximate surface area is 128 Å². The Kier molecular flexibility index (Phi) is 5.41. The van der Waals surface area contributed by atoms with Crippen molar-refractivity contribution in [3.05, 3.63) is 17.5 Å². The van der Waals surface area contributed by atoms with Gasteiger partial charge in [0.15, 0.2) is 0 Å². The molecule has 0 amide bonds. The van der Waals surface area contributed by atoms with Crippen LogP contribution in [-0.4, -0.2) is 57.4 Å². The van der Waals surface area contributed by atoms with E-state index < -0.39 is 0 Å². The number of rotatable bonds is 7. The van der Waals surface area contributed by atoms with E-state index in [0.29, 0.717) is 0 Å². The average molecular weight is 294 g/mol. The van der Waals surface area contributed by atoms with Crippen molar-refractivity contribution in [3.63, 3.8) is 0 Å². The van der Waals surface area contributed by atoms with E-state index in [1.54, 1.807) is 0 Å². The van der Waals surface area contributed by atoms with Gasteiger partial charge in [-0.05, 0) is 24.6 Å². The number of fused-ring (bicyclic) bond motifs is 1. The zero-order valence-electron chi connectivity index (χ0n) is 14.0. The summed E-state index contributed by atoms with van der Waals surface area (Å²) in [5, 5.41) is 13.6. The van der Waals surface area contributed by atoms with Gasteiger partial charge < -0.3 is 10.0 Å². The van der Waals surface area contributed by atoms with E-state index in [4.69, 9.17) is 0 Å². The molecule has 1 aliphatic heterocycles. The average Bonchev–Trinajstić information content (AvgIpc) is 2.86. The van der Waals surface area contributed by atoms with Crippen LogP contribution in [0.3, 0.4) is 0 Å². The molecule has 0 bridgehead atoms. The summed E-state index contributed by atoms with van der Waals surface area (Å²) in [5.41, 5.74) is 2.30. The van der Waals surface area contributed by atoms with Gasteiger partial charge in [-0.25, -0.2) is 0 Å². The first kappa shape index (κ1) is 16.5. The quantitative estimate of drug-likeness (QED) is 0.829. The normalized spacial score (nSPS) is 16.5. The van der Waals surface area contributed by atoms with E-state index in [-0.39, 0.29) is 12.0 Å². The smallest absolute Gasteiger partial charge is 0.0882 e. The molecule has 0 spiro atoms. The molecule has 1 N–H and O–H groups in total. The van der Waals surface area contributed by atoms with Crippen LogP contribution in [0.15, 0.2) is 6.07 Å². The Morgan fingerprint density at radius 2 is 2.00 bits per heavy atom. The van der Waals surface area contributed by atoms with Crippen LogP contribution in [0.25, 0.3) is 0 Å². The Hall–Kier alpha value is -0.910. The Morgan fingerprint density at radius 3 is 2.62 bits per heavy atom. The number of aliphatic hydroxyl groups excluding tert-OH is 1. The topological polar surface area (TPSA) is 44.5 Å². The number of nitrogens with zero attached hydrogens (tertiary/aromatic N) is 4. The fourth-order valence-corrected chi connectivity index (χ4v) is 3.30. The second kappa shape index (κ2) is 6.90. The van der Waals surface area contributed by atoms with Crippen molar-refractivity contribution in [2.24, 2.45) is 5.41 Å². The molecule has 120 valence electrons. The van der Waals surface area contributed by atoms with Crippen LogP contribution in [0.5, 0.6) is 0 Å². The van der Waals surface area contributed by atoms with E-state index in [0.717, 1.165) is 51.5 Å². The molecule has 0 atom stereocenters. The molecule has 1 aliphatic rings. The summed E-state index contributed by atoms with van der Waals surface area (Å²) >= 11 is 0. The third kappa shape index (κ3) is 4.28. The van der Waals surface area contributed by atoms with Crippen LogP contribution < -0.4 is 0 Å². The lowest BCUT2D eigenvalue weighted by molar-refractivity contribution is 0.106. The van der Waals surface area contributed by atoms with Gasteiger partial charge in [0.05, 0.1) is 24.5 Å². The van der Waals surface area contributed by atoms with Gasteiger partial charge in [-0.3, -0.25) is 9.58 Å². The highest BCUT2D eigenvalue weighted by Gasteiger charge is 2.26. The van der Waals surface area contributed by atoms with Crippen molar-refractivity contribution in [2.45, 2.75) is 47.4 Å². The minimum absolute atomic E-state index is 0.0352. The summed E-state index contributed by atoms with van der Waals surface area (Å²) in [5.74, 6) is 0. The van der Waals surface area contributed by atoms with Crippen LogP contribution in [-0.2, 0) is 19.7 Å². The maximum absolute atomic E-state index is 9.20. The maximum Gasteiger partial charge on any atom is 0.0882 e. The van der Waals surface area contributed by atoms with Crippen LogP contribution in [0.1, 0.15) is 39.1 Å². The summed E-state index contributed by atoms with van der Waals surface area (Å²) in [7, 11) is 0. The number of aliphatic hydroxyl groups is 1. The zero-order valence-corrected chi connectivity index (χ0v) is 14.0. The van der Waals surface area contributed by atoms with Crippen molar-refractivity contribution < 1.29 is 5.11 Å². The molecule has 1 aromatic rings. The van der Waals surface area contributed by atoms with E-state index in [1.165, 1.54) is 5.69 Å². The number of hydrogen-bond acceptors (Lipinski definition) is 4. The van der Waals surface area contributed by atoms with E-state index >= 15 is 0 Å². The highest BCUT2D eigenvalue weighted by molar-refractivity contribution is 5.11. The molecule has 5 nitrogen and oxygen atoms in total. The van der Waals surface area contributed by atoms with Crippen molar-refractivity contribution >= 4 is 0 Å². The molecule has 0 saturated heterocycles. The van der Waals surface area contributed by atoms with E-state index in [1.807, 2.05) is 10.7 Å². The minimum atomic E-state index is 0.0352. The summed E-state index contributed by atoms with van der Waals surface area (Å²) in [6.07, 6.45) is 0. The minimum Gasteiger partial charge on any atom is -0.390 e. The summed E-state index contributed by atoms with van der Waals surface area (Å²) in [4.78, 5) is 5.01. The lowest BCUT2D eigenvalue weighted by Gasteiger charge is -2.37. The summed E-state index contributed by atoms with van der Waals surface area (Å²) in [6, 6.07) is 2.03. The molecule has 1 aromatic heterocycles. The van der Waals surface area contributed by atoms with Gasteiger partial charge in [0.2, 0.25) is 0 Å². The predicted octanol–water partition coefficient (Wildman–Crippen LogP) is 1.56. The van der Waals surface area contributed by atoms with Crippen molar-refractivity contribution in [1.29, 1.82) is 0 Å². The van der Waals surface area contributed by atoms with Crippen molar-refractivity contribution in [2.75, 3.05) is 32.7 Å². The van der Waals surface area contributed by atoms with Crippen LogP contribution in [0.4, 0.5) is 0 Å². The molecule has 0 saturated carbocycles. The summed E-state index contributed by atoms with van der Waals surface area (Å²) in [6.45, 7) is 16.6. The zero-order chi connectivity index (χ0) is 15.5. The standard InChI is InChI=1S/C16H30N4O/c1-5-18(6-2)12-16(3,4)13-19-7-8-20-15(10-19)9-14(11-21)17-20/h9,21H,5-8,10-13H2,1-4H3. The number of aromatic nitrogens is 2. The van der Waals surface area contributed by atoms with Gasteiger partial charge >= 0.3 is 0 Å². The Balaban J connectivity index is 1.94. The third-order valence-electron chi connectivity index (χ3n) is 4.29. The van der Waals surface area contributed by atoms with E-state index in [9.17, 15) is 5.11 Å². The van der Waals surface area contributed by atoms with E-state index in [2.05, 4.69) is 42.6 Å². The first-order chi connectivity index (χ1) is 9.97. The molecule has 0 aromatic carbocycles. The highest BCUT2D eigenvalue weighted by Crippen LogP contribution is 2.22. The monoisotopic (exact) mass is 294 g/mol. The van der Waals surface area contributed by atoms with Gasteiger partial charge in [-0.2, -0.15) is 5.10 Å². The number of hydrogen-bond donors (Lipinski definition) is 1. The molecule has 0 radical (unpaired) electrons. The lowest BCUT2D eigenvalue weighted by Crippen LogP contribution is -2.44. The van der Waals surface area contributed by atoms with Gasteiger partial charge in [-0.15, -0.1) is 0 Å². The molecule has 2 rings (SSSR count). The fourth-order valence-electron chi connectivity index (χ4n) is 3.30. The first-order valence-electron chi connectivity index (χ1n) is 8.08. The van der Waals surface area contributed by atoms with Gasteiger partial charge in [0, 0.05) is 26.2 Å². The second-order valence-corrected chi connectivity index (χ2v) is 6.84. The SMILES string of the molecule is CCN(CC)CC(C)(C)CN1CCn2nc(CO)cc2C1. The predicted molar refractivity (Wildman–Crippen MR) is 85.0 cm³/mol. The Bertz CT molecular complexity index is 451. The van der Waals surface area contributed by atoms with Gasteiger partial charge in [0.1, 0.15) is 0 Å².